The predicted molar refractivity (Wildman–Crippen MR) is 91.2 cm³/mol. The number of carbonyl (C=O) groups excluding carboxylic acids is 2. The monoisotopic (exact) mass is 353 g/mol. The second-order valence-electron chi connectivity index (χ2n) is 5.10. The molecule has 3 aromatic rings. The number of para-hydroxylation sites is 3. The fraction of sp³-hybridized carbons (Fsp3) is 0. The molecule has 0 unspecified atom stereocenters. The molecular formula is C16H11N5O5. The molecule has 0 saturated heterocycles. The van der Waals surface area contributed by atoms with Gasteiger partial charge in [-0.1, -0.05) is 30.3 Å². The lowest BCUT2D eigenvalue weighted by Crippen LogP contribution is -2.21. The van der Waals surface area contributed by atoms with Crippen molar-refractivity contribution in [2.24, 2.45) is 10.2 Å². The van der Waals surface area contributed by atoms with Gasteiger partial charge in [-0.15, -0.1) is 10.2 Å². The van der Waals surface area contributed by atoms with Gasteiger partial charge in [-0.2, -0.15) is 0 Å². The Bertz CT molecular complexity index is 1060. The minimum Gasteiger partial charge on any atom is -0.493 e. The molecule has 3 rings (SSSR count). The Morgan fingerprint density at radius 3 is 2.58 bits per heavy atom. The Kier molecular flexibility index (Phi) is 4.39. The zero-order valence-electron chi connectivity index (χ0n) is 13.0. The SMILES string of the molecule is O=C(N=Nc1c(O)[nH]c2ccccc12)C(=O)Nc1ccccc1[N+](=O)[O-]. The summed E-state index contributed by atoms with van der Waals surface area (Å²) in [6, 6.07) is 12.2. The molecule has 0 radical (unpaired) electrons. The van der Waals surface area contributed by atoms with Crippen molar-refractivity contribution in [3.63, 3.8) is 0 Å². The van der Waals surface area contributed by atoms with Crippen LogP contribution in [0.3, 0.4) is 0 Å². The quantitative estimate of drug-likeness (QED) is 0.286. The third kappa shape index (κ3) is 3.24. The molecule has 2 aromatic carbocycles. The number of nitro groups is 1. The number of H-pyrrole nitrogens is 1. The van der Waals surface area contributed by atoms with E-state index in [0.29, 0.717) is 10.9 Å². The summed E-state index contributed by atoms with van der Waals surface area (Å²) in [6.45, 7) is 0. The number of amides is 2. The number of azo groups is 1. The van der Waals surface area contributed by atoms with Crippen molar-refractivity contribution in [1.82, 2.24) is 4.98 Å². The Labute approximate surface area is 145 Å². The number of nitro benzene ring substituents is 1. The highest BCUT2D eigenvalue weighted by molar-refractivity contribution is 6.40. The van der Waals surface area contributed by atoms with Crippen molar-refractivity contribution in [3.05, 3.63) is 58.6 Å². The standard InChI is InChI=1S/C16H11N5O5/c22-14-13(9-5-1-2-6-10(9)17-14)19-20-16(24)15(23)18-11-7-3-4-8-12(11)21(25)26/h1-8,17,22H,(H,18,23). The summed E-state index contributed by atoms with van der Waals surface area (Å²) >= 11 is 0. The van der Waals surface area contributed by atoms with Gasteiger partial charge < -0.3 is 15.4 Å². The molecule has 0 bridgehead atoms. The van der Waals surface area contributed by atoms with Gasteiger partial charge in [0.2, 0.25) is 5.88 Å². The van der Waals surface area contributed by atoms with Crippen LogP contribution in [-0.2, 0) is 9.59 Å². The molecule has 1 heterocycles. The maximum atomic E-state index is 11.9. The minimum absolute atomic E-state index is 0.00689. The molecule has 2 amide bonds. The molecule has 0 aliphatic heterocycles. The Morgan fingerprint density at radius 2 is 1.81 bits per heavy atom. The summed E-state index contributed by atoms with van der Waals surface area (Å²) in [5, 5.41) is 30.3. The predicted octanol–water partition coefficient (Wildman–Crippen LogP) is 3.03. The van der Waals surface area contributed by atoms with Gasteiger partial charge in [-0.05, 0) is 12.1 Å². The second-order valence-corrected chi connectivity index (χ2v) is 5.10. The van der Waals surface area contributed by atoms with Crippen molar-refractivity contribution < 1.29 is 19.6 Å². The number of aromatic amines is 1. The maximum Gasteiger partial charge on any atom is 0.353 e. The third-order valence-electron chi connectivity index (χ3n) is 3.44. The van der Waals surface area contributed by atoms with Crippen LogP contribution in [0.15, 0.2) is 58.8 Å². The molecule has 130 valence electrons. The number of nitrogens with one attached hydrogen (secondary N) is 2. The molecule has 0 spiro atoms. The number of anilines is 1. The Morgan fingerprint density at radius 1 is 1.12 bits per heavy atom. The van der Waals surface area contributed by atoms with Crippen molar-refractivity contribution in [1.29, 1.82) is 0 Å². The van der Waals surface area contributed by atoms with Crippen LogP contribution in [0.25, 0.3) is 10.9 Å². The lowest BCUT2D eigenvalue weighted by atomic mass is 10.2. The maximum absolute atomic E-state index is 11.9. The third-order valence-corrected chi connectivity index (χ3v) is 3.44. The number of carbonyl (C=O) groups is 2. The van der Waals surface area contributed by atoms with E-state index in [1.54, 1.807) is 24.3 Å². The fourth-order valence-corrected chi connectivity index (χ4v) is 2.27. The van der Waals surface area contributed by atoms with Gasteiger partial charge in [-0.3, -0.25) is 19.7 Å². The Balaban J connectivity index is 1.79. The summed E-state index contributed by atoms with van der Waals surface area (Å²) in [5.74, 6) is -2.77. The summed E-state index contributed by atoms with van der Waals surface area (Å²) in [7, 11) is 0. The van der Waals surface area contributed by atoms with E-state index in [-0.39, 0.29) is 22.9 Å². The molecule has 10 nitrogen and oxygen atoms in total. The molecule has 0 aliphatic carbocycles. The Hall–Kier alpha value is -4.08. The van der Waals surface area contributed by atoms with Crippen LogP contribution in [-0.4, -0.2) is 26.8 Å². The zero-order chi connectivity index (χ0) is 18.7. The number of aromatic nitrogens is 1. The van der Waals surface area contributed by atoms with E-state index in [0.717, 1.165) is 0 Å². The van der Waals surface area contributed by atoms with E-state index < -0.39 is 16.7 Å². The van der Waals surface area contributed by atoms with Crippen LogP contribution >= 0.6 is 0 Å². The molecule has 26 heavy (non-hydrogen) atoms. The first-order chi connectivity index (χ1) is 12.5. The van der Waals surface area contributed by atoms with Gasteiger partial charge in [-0.25, -0.2) is 0 Å². The van der Waals surface area contributed by atoms with Crippen molar-refractivity contribution >= 4 is 39.8 Å². The zero-order valence-corrected chi connectivity index (χ0v) is 13.0. The number of fused-ring (bicyclic) bond motifs is 1. The van der Waals surface area contributed by atoms with E-state index in [1.807, 2.05) is 0 Å². The van der Waals surface area contributed by atoms with E-state index >= 15 is 0 Å². The van der Waals surface area contributed by atoms with Gasteiger partial charge in [0.15, 0.2) is 5.69 Å². The molecule has 0 saturated carbocycles. The van der Waals surface area contributed by atoms with Crippen LogP contribution in [0.1, 0.15) is 0 Å². The highest BCUT2D eigenvalue weighted by Crippen LogP contribution is 2.35. The average molecular weight is 353 g/mol. The second kappa shape index (κ2) is 6.81. The van der Waals surface area contributed by atoms with Gasteiger partial charge in [0.25, 0.3) is 5.69 Å². The van der Waals surface area contributed by atoms with Crippen molar-refractivity contribution in [2.45, 2.75) is 0 Å². The van der Waals surface area contributed by atoms with E-state index in [9.17, 15) is 24.8 Å². The van der Waals surface area contributed by atoms with Gasteiger partial charge in [0.05, 0.1) is 10.4 Å². The number of hydrogen-bond acceptors (Lipinski definition) is 6. The molecule has 10 heteroatoms. The number of rotatable bonds is 3. The average Bonchev–Trinajstić information content (AvgIpc) is 2.95. The van der Waals surface area contributed by atoms with Crippen LogP contribution in [0.5, 0.6) is 5.88 Å². The number of hydrogen-bond donors (Lipinski definition) is 3. The van der Waals surface area contributed by atoms with Crippen LogP contribution in [0, 0.1) is 10.1 Å². The van der Waals surface area contributed by atoms with E-state index in [4.69, 9.17) is 0 Å². The molecule has 0 atom stereocenters. The fourth-order valence-electron chi connectivity index (χ4n) is 2.27. The number of benzene rings is 2. The van der Waals surface area contributed by atoms with Crippen molar-refractivity contribution in [2.75, 3.05) is 5.32 Å². The van der Waals surface area contributed by atoms with Crippen LogP contribution in [0.2, 0.25) is 0 Å². The highest BCUT2D eigenvalue weighted by atomic mass is 16.6. The molecule has 0 aliphatic rings. The first kappa shape index (κ1) is 16.8. The van der Waals surface area contributed by atoms with Gasteiger partial charge >= 0.3 is 11.8 Å². The minimum atomic E-state index is -1.27. The van der Waals surface area contributed by atoms with E-state index in [1.165, 1.54) is 24.3 Å². The lowest BCUT2D eigenvalue weighted by molar-refractivity contribution is -0.383. The summed E-state index contributed by atoms with van der Waals surface area (Å²) < 4.78 is 0. The number of nitrogens with zero attached hydrogens (tertiary/aromatic N) is 3. The highest BCUT2D eigenvalue weighted by Gasteiger charge is 2.20. The number of aromatic hydroxyl groups is 1. The summed E-state index contributed by atoms with van der Waals surface area (Å²) in [4.78, 5) is 36.6. The topological polar surface area (TPSA) is 150 Å². The van der Waals surface area contributed by atoms with E-state index in [2.05, 4.69) is 20.5 Å². The molecule has 3 N–H and O–H groups in total. The summed E-state index contributed by atoms with van der Waals surface area (Å²) in [6.07, 6.45) is 0. The largest absolute Gasteiger partial charge is 0.493 e. The molecule has 0 fully saturated rings. The van der Waals surface area contributed by atoms with Gasteiger partial charge in [0.1, 0.15) is 5.69 Å². The first-order valence-electron chi connectivity index (χ1n) is 7.27. The molecule has 1 aromatic heterocycles. The van der Waals surface area contributed by atoms with Crippen LogP contribution in [0.4, 0.5) is 17.1 Å². The summed E-state index contributed by atoms with van der Waals surface area (Å²) in [5.41, 5.74) is 0.0871. The van der Waals surface area contributed by atoms with Crippen molar-refractivity contribution in [3.8, 4) is 5.88 Å². The lowest BCUT2D eigenvalue weighted by Gasteiger charge is -2.02. The normalized spacial score (nSPS) is 10.9. The smallest absolute Gasteiger partial charge is 0.353 e. The van der Waals surface area contributed by atoms with Gasteiger partial charge in [0, 0.05) is 11.5 Å². The van der Waals surface area contributed by atoms with Crippen LogP contribution < -0.4 is 5.32 Å². The first-order valence-corrected chi connectivity index (χ1v) is 7.27. The molecular weight excluding hydrogens is 342 g/mol.